The molecule has 0 saturated heterocycles. The van der Waals surface area contributed by atoms with E-state index in [1.165, 1.54) is 6.92 Å². The van der Waals surface area contributed by atoms with Crippen LogP contribution in [-0.2, 0) is 4.79 Å². The largest absolute Gasteiger partial charge is 0.399 e. The Morgan fingerprint density at radius 2 is 1.90 bits per heavy atom. The van der Waals surface area contributed by atoms with Crippen LogP contribution < -0.4 is 16.2 Å². The molecule has 2 aromatic rings. The number of imide groups is 1. The van der Waals surface area contributed by atoms with Crippen LogP contribution in [0.4, 0.5) is 11.4 Å². The van der Waals surface area contributed by atoms with Gasteiger partial charge in [0.2, 0.25) is 5.91 Å². The molecule has 0 spiro atoms. The topological polar surface area (TPSA) is 109 Å². The Balaban J connectivity index is 2.40. The lowest BCUT2D eigenvalue weighted by Crippen LogP contribution is -2.36. The maximum absolute atomic E-state index is 12.3. The number of anilines is 2. The van der Waals surface area contributed by atoms with Crippen molar-refractivity contribution in [3.63, 3.8) is 0 Å². The number of nitrogens with zero attached hydrogens (tertiary/aromatic N) is 2. The Morgan fingerprint density at radius 1 is 1.25 bits per heavy atom. The summed E-state index contributed by atoms with van der Waals surface area (Å²) in [4.78, 5) is 41.9. The Morgan fingerprint density at radius 3 is 2.40 bits per heavy atom. The van der Waals surface area contributed by atoms with Crippen molar-refractivity contribution >= 4 is 23.2 Å². The summed E-state index contributed by atoms with van der Waals surface area (Å²) < 4.78 is 0. The summed E-state index contributed by atoms with van der Waals surface area (Å²) in [6.07, 6.45) is 2.15. The minimum atomic E-state index is -0.626. The molecule has 0 fully saturated rings. The van der Waals surface area contributed by atoms with E-state index in [-0.39, 0.29) is 5.69 Å². The first-order valence-electron chi connectivity index (χ1n) is 5.74. The van der Waals surface area contributed by atoms with Crippen LogP contribution in [0.1, 0.15) is 17.4 Å². The molecule has 0 atom stereocenters. The third kappa shape index (κ3) is 2.72. The van der Waals surface area contributed by atoms with Crippen LogP contribution in [0.5, 0.6) is 0 Å². The number of aromatic nitrogens is 2. The number of nitrogen functional groups attached to an aromatic ring is 1. The van der Waals surface area contributed by atoms with Gasteiger partial charge in [-0.3, -0.25) is 14.4 Å². The summed E-state index contributed by atoms with van der Waals surface area (Å²) in [5.41, 5.74) is 6.01. The van der Waals surface area contributed by atoms with Crippen molar-refractivity contribution in [3.05, 3.63) is 52.7 Å². The third-order valence-corrected chi connectivity index (χ3v) is 2.56. The summed E-state index contributed by atoms with van der Waals surface area (Å²) >= 11 is 0. The van der Waals surface area contributed by atoms with Gasteiger partial charge in [0.15, 0.2) is 0 Å². The molecule has 0 aliphatic heterocycles. The van der Waals surface area contributed by atoms with Gasteiger partial charge in [-0.05, 0) is 24.3 Å². The summed E-state index contributed by atoms with van der Waals surface area (Å²) in [6, 6.07) is 6.28. The number of benzene rings is 1. The number of carbonyl (C=O) groups is 2. The number of aromatic amines is 1. The van der Waals surface area contributed by atoms with Crippen LogP contribution in [0.3, 0.4) is 0 Å². The number of nitrogens with two attached hydrogens (primary N) is 1. The van der Waals surface area contributed by atoms with E-state index in [0.717, 1.165) is 17.3 Å². The Bertz CT molecular complexity index is 686. The van der Waals surface area contributed by atoms with Crippen LogP contribution in [0, 0.1) is 0 Å². The molecule has 1 heterocycles. The second-order valence-corrected chi connectivity index (χ2v) is 4.05. The molecule has 0 bridgehead atoms. The molecule has 0 unspecified atom stereocenters. The molecule has 3 N–H and O–H groups in total. The SMILES string of the molecule is CC(=O)N(C(=O)c1c[nH]c(=O)cn1)c1ccc(N)cc1. The van der Waals surface area contributed by atoms with Gasteiger partial charge < -0.3 is 10.7 Å². The Hall–Kier alpha value is -2.96. The highest BCUT2D eigenvalue weighted by Crippen LogP contribution is 2.18. The van der Waals surface area contributed by atoms with Gasteiger partial charge in [-0.15, -0.1) is 0 Å². The standard InChI is InChI=1S/C13H12N4O3/c1-8(18)17(10-4-2-9(14)3-5-10)13(20)11-6-16-12(19)7-15-11/h2-7H,14H2,1H3,(H,16,19). The molecule has 102 valence electrons. The van der Waals surface area contributed by atoms with E-state index < -0.39 is 17.4 Å². The van der Waals surface area contributed by atoms with Crippen LogP contribution in [0.2, 0.25) is 0 Å². The van der Waals surface area contributed by atoms with Crippen LogP contribution in [0.15, 0.2) is 41.5 Å². The molecule has 0 aliphatic carbocycles. The fourth-order valence-corrected chi connectivity index (χ4v) is 1.64. The quantitative estimate of drug-likeness (QED) is 0.776. The monoisotopic (exact) mass is 272 g/mol. The second-order valence-electron chi connectivity index (χ2n) is 4.05. The van der Waals surface area contributed by atoms with Crippen molar-refractivity contribution < 1.29 is 9.59 Å². The molecular formula is C13H12N4O3. The van der Waals surface area contributed by atoms with E-state index in [1.807, 2.05) is 0 Å². The molecule has 1 aromatic heterocycles. The highest BCUT2D eigenvalue weighted by Gasteiger charge is 2.22. The normalized spacial score (nSPS) is 10.1. The molecule has 0 radical (unpaired) electrons. The van der Waals surface area contributed by atoms with Gasteiger partial charge >= 0.3 is 0 Å². The van der Waals surface area contributed by atoms with Crippen LogP contribution >= 0.6 is 0 Å². The van der Waals surface area contributed by atoms with Crippen molar-refractivity contribution in [2.75, 3.05) is 10.6 Å². The van der Waals surface area contributed by atoms with Gasteiger partial charge in [0.25, 0.3) is 11.5 Å². The van der Waals surface area contributed by atoms with Crippen molar-refractivity contribution in [2.45, 2.75) is 6.92 Å². The maximum Gasteiger partial charge on any atom is 0.285 e. The predicted octanol–water partition coefficient (Wildman–Crippen LogP) is 0.545. The van der Waals surface area contributed by atoms with Crippen molar-refractivity contribution in [1.29, 1.82) is 0 Å². The molecule has 20 heavy (non-hydrogen) atoms. The molecule has 2 amide bonds. The van der Waals surface area contributed by atoms with E-state index in [9.17, 15) is 14.4 Å². The summed E-state index contributed by atoms with van der Waals surface area (Å²) in [5, 5.41) is 0. The average Bonchev–Trinajstić information content (AvgIpc) is 2.41. The average molecular weight is 272 g/mol. The van der Waals surface area contributed by atoms with Gasteiger partial charge in [-0.1, -0.05) is 0 Å². The Kier molecular flexibility index (Phi) is 3.60. The van der Waals surface area contributed by atoms with Crippen molar-refractivity contribution in [2.24, 2.45) is 0 Å². The highest BCUT2D eigenvalue weighted by atomic mass is 16.2. The van der Waals surface area contributed by atoms with Crippen molar-refractivity contribution in [1.82, 2.24) is 9.97 Å². The fraction of sp³-hybridized carbons (Fsp3) is 0.0769. The molecule has 0 aliphatic rings. The first-order chi connectivity index (χ1) is 9.49. The number of H-pyrrole nitrogens is 1. The number of hydrogen-bond donors (Lipinski definition) is 2. The number of nitrogens with one attached hydrogen (secondary N) is 1. The predicted molar refractivity (Wildman–Crippen MR) is 73.2 cm³/mol. The number of hydrogen-bond acceptors (Lipinski definition) is 5. The van der Waals surface area contributed by atoms with E-state index in [2.05, 4.69) is 9.97 Å². The molecule has 0 saturated carbocycles. The summed E-state index contributed by atoms with van der Waals surface area (Å²) in [6.45, 7) is 1.26. The fourth-order valence-electron chi connectivity index (χ4n) is 1.64. The zero-order chi connectivity index (χ0) is 14.7. The third-order valence-electron chi connectivity index (χ3n) is 2.56. The van der Waals surface area contributed by atoms with Gasteiger partial charge in [0.05, 0.1) is 11.9 Å². The van der Waals surface area contributed by atoms with E-state index in [0.29, 0.717) is 11.4 Å². The number of rotatable bonds is 2. The Labute approximate surface area is 114 Å². The van der Waals surface area contributed by atoms with Gasteiger partial charge in [0.1, 0.15) is 5.69 Å². The van der Waals surface area contributed by atoms with Gasteiger partial charge in [-0.2, -0.15) is 0 Å². The molecule has 7 nitrogen and oxygen atoms in total. The minimum absolute atomic E-state index is 0.0309. The van der Waals surface area contributed by atoms with E-state index in [1.54, 1.807) is 24.3 Å². The number of amides is 2. The molecule has 1 aromatic carbocycles. The zero-order valence-electron chi connectivity index (χ0n) is 10.7. The summed E-state index contributed by atoms with van der Waals surface area (Å²) in [5.74, 6) is -1.09. The van der Waals surface area contributed by atoms with Crippen LogP contribution in [-0.4, -0.2) is 21.8 Å². The zero-order valence-corrected chi connectivity index (χ0v) is 10.7. The first-order valence-corrected chi connectivity index (χ1v) is 5.74. The molecule has 2 rings (SSSR count). The first kappa shape index (κ1) is 13.5. The number of carbonyl (C=O) groups excluding carboxylic acids is 2. The lowest BCUT2D eigenvalue weighted by atomic mass is 10.2. The second kappa shape index (κ2) is 5.35. The van der Waals surface area contributed by atoms with Crippen molar-refractivity contribution in [3.8, 4) is 0 Å². The van der Waals surface area contributed by atoms with Gasteiger partial charge in [0, 0.05) is 18.8 Å². The molecule has 7 heteroatoms. The lowest BCUT2D eigenvalue weighted by molar-refractivity contribution is -0.115. The lowest BCUT2D eigenvalue weighted by Gasteiger charge is -2.18. The van der Waals surface area contributed by atoms with E-state index >= 15 is 0 Å². The maximum atomic E-state index is 12.3. The minimum Gasteiger partial charge on any atom is -0.399 e. The van der Waals surface area contributed by atoms with Gasteiger partial charge in [-0.25, -0.2) is 9.88 Å². The van der Waals surface area contributed by atoms with E-state index in [4.69, 9.17) is 5.73 Å². The smallest absolute Gasteiger partial charge is 0.285 e. The highest BCUT2D eigenvalue weighted by molar-refractivity contribution is 6.19. The van der Waals surface area contributed by atoms with Crippen LogP contribution in [0.25, 0.3) is 0 Å². The summed E-state index contributed by atoms with van der Waals surface area (Å²) in [7, 11) is 0. The molecular weight excluding hydrogens is 260 g/mol.